The van der Waals surface area contributed by atoms with Crippen LogP contribution in [0.15, 0.2) is 28.7 Å². The third-order valence-corrected chi connectivity index (χ3v) is 6.52. The van der Waals surface area contributed by atoms with Crippen molar-refractivity contribution in [3.8, 4) is 6.07 Å². The van der Waals surface area contributed by atoms with Gasteiger partial charge in [0.25, 0.3) is 10.0 Å². The monoisotopic (exact) mass is 361 g/mol. The molecule has 7 nitrogen and oxygen atoms in total. The van der Waals surface area contributed by atoms with E-state index < -0.39 is 10.0 Å². The molecular formula is C15H15N5O2S2. The van der Waals surface area contributed by atoms with E-state index in [1.807, 2.05) is 6.92 Å². The number of aryl methyl sites for hydroxylation is 1. The Balaban J connectivity index is 2.04. The van der Waals surface area contributed by atoms with E-state index in [4.69, 9.17) is 0 Å². The smallest absolute Gasteiger partial charge is 0.273 e. The Hall–Kier alpha value is -2.57. The highest BCUT2D eigenvalue weighted by atomic mass is 32.2. The van der Waals surface area contributed by atoms with Crippen LogP contribution < -0.4 is 9.62 Å². The number of aromatic amines is 1. The Kier molecular flexibility index (Phi) is 3.95. The zero-order valence-electron chi connectivity index (χ0n) is 13.3. The van der Waals surface area contributed by atoms with Crippen molar-refractivity contribution in [2.75, 3.05) is 23.7 Å². The summed E-state index contributed by atoms with van der Waals surface area (Å²) < 4.78 is 27.9. The lowest BCUT2D eigenvalue weighted by molar-refractivity contribution is 0.603. The molecule has 0 bridgehead atoms. The largest absolute Gasteiger partial charge is 0.358 e. The van der Waals surface area contributed by atoms with Gasteiger partial charge in [0, 0.05) is 25.7 Å². The molecule has 0 fully saturated rings. The van der Waals surface area contributed by atoms with Gasteiger partial charge in [-0.3, -0.25) is 4.72 Å². The highest BCUT2D eigenvalue weighted by Gasteiger charge is 2.21. The first-order valence-electron chi connectivity index (χ1n) is 7.00. The van der Waals surface area contributed by atoms with Crippen LogP contribution in [0.2, 0.25) is 0 Å². The maximum atomic E-state index is 12.6. The van der Waals surface area contributed by atoms with Gasteiger partial charge in [-0.1, -0.05) is 17.4 Å². The van der Waals surface area contributed by atoms with E-state index >= 15 is 0 Å². The predicted molar refractivity (Wildman–Crippen MR) is 95.0 cm³/mol. The van der Waals surface area contributed by atoms with E-state index in [2.05, 4.69) is 20.8 Å². The maximum absolute atomic E-state index is 12.6. The summed E-state index contributed by atoms with van der Waals surface area (Å²) in [6.45, 7) is 1.88. The normalized spacial score (nSPS) is 11.4. The lowest BCUT2D eigenvalue weighted by atomic mass is 10.1. The lowest BCUT2D eigenvalue weighted by Gasteiger charge is -2.09. The summed E-state index contributed by atoms with van der Waals surface area (Å²) in [5.74, 6) is 0. The molecule has 0 unspecified atom stereocenters. The average Bonchev–Trinajstić information content (AvgIpc) is 3.17. The number of rotatable bonds is 4. The van der Waals surface area contributed by atoms with Crippen molar-refractivity contribution in [1.29, 1.82) is 5.26 Å². The molecule has 24 heavy (non-hydrogen) atoms. The number of anilines is 2. The molecule has 0 saturated carbocycles. The molecule has 3 aromatic rings. The number of thiazole rings is 1. The fourth-order valence-corrected chi connectivity index (χ4v) is 4.48. The van der Waals surface area contributed by atoms with Crippen LogP contribution in [0.4, 0.5) is 10.8 Å². The topological polar surface area (TPSA) is 102 Å². The molecule has 0 aliphatic heterocycles. The van der Waals surface area contributed by atoms with E-state index in [1.165, 1.54) is 6.20 Å². The average molecular weight is 361 g/mol. The molecule has 2 aromatic heterocycles. The van der Waals surface area contributed by atoms with Gasteiger partial charge in [-0.05, 0) is 18.6 Å². The van der Waals surface area contributed by atoms with Crippen molar-refractivity contribution in [3.05, 3.63) is 35.7 Å². The second kappa shape index (κ2) is 5.81. The molecule has 9 heteroatoms. The van der Waals surface area contributed by atoms with Crippen molar-refractivity contribution in [2.24, 2.45) is 0 Å². The molecule has 0 atom stereocenters. The molecule has 3 rings (SSSR count). The number of aromatic nitrogens is 2. The number of hydrogen-bond acceptors (Lipinski definition) is 6. The SMILES string of the molecule is Cc1ccc(NS(=O)(=O)c2cnc(N(C)C)s2)c2[nH]cc(C#N)c12. The Morgan fingerprint density at radius 3 is 2.75 bits per heavy atom. The number of hydrogen-bond donors (Lipinski definition) is 2. The van der Waals surface area contributed by atoms with Crippen molar-refractivity contribution < 1.29 is 8.42 Å². The molecular weight excluding hydrogens is 346 g/mol. The van der Waals surface area contributed by atoms with Crippen LogP contribution in [-0.4, -0.2) is 32.5 Å². The van der Waals surface area contributed by atoms with E-state index in [0.717, 1.165) is 22.3 Å². The first-order valence-corrected chi connectivity index (χ1v) is 9.30. The molecule has 1 aromatic carbocycles. The molecule has 0 saturated heterocycles. The number of nitrogens with one attached hydrogen (secondary N) is 2. The summed E-state index contributed by atoms with van der Waals surface area (Å²) in [6, 6.07) is 5.57. The summed E-state index contributed by atoms with van der Waals surface area (Å²) >= 11 is 1.09. The maximum Gasteiger partial charge on any atom is 0.273 e. The van der Waals surface area contributed by atoms with Gasteiger partial charge in [-0.25, -0.2) is 13.4 Å². The van der Waals surface area contributed by atoms with Crippen LogP contribution >= 0.6 is 11.3 Å². The molecule has 0 spiro atoms. The fourth-order valence-electron chi connectivity index (χ4n) is 2.37. The molecule has 0 radical (unpaired) electrons. The van der Waals surface area contributed by atoms with Crippen LogP contribution in [0.1, 0.15) is 11.1 Å². The van der Waals surface area contributed by atoms with Crippen LogP contribution in [0, 0.1) is 18.3 Å². The van der Waals surface area contributed by atoms with Gasteiger partial charge in [0.15, 0.2) is 9.34 Å². The first kappa shape index (κ1) is 16.3. The van der Waals surface area contributed by atoms with Gasteiger partial charge in [0.1, 0.15) is 6.07 Å². The highest BCUT2D eigenvalue weighted by molar-refractivity contribution is 7.94. The third-order valence-electron chi connectivity index (χ3n) is 3.53. The minimum absolute atomic E-state index is 0.131. The van der Waals surface area contributed by atoms with Crippen LogP contribution in [0.25, 0.3) is 10.9 Å². The Bertz CT molecular complexity index is 1060. The minimum Gasteiger partial charge on any atom is -0.358 e. The standard InChI is InChI=1S/C15H15N5O2S2/c1-9-4-5-11(14-13(9)10(6-16)7-17-14)19-24(21,22)12-8-18-15(23-12)20(2)3/h4-5,7-8,17,19H,1-3H3. The van der Waals surface area contributed by atoms with Crippen molar-refractivity contribution in [2.45, 2.75) is 11.1 Å². The molecule has 0 amide bonds. The van der Waals surface area contributed by atoms with E-state index in [-0.39, 0.29) is 4.21 Å². The van der Waals surface area contributed by atoms with Crippen molar-refractivity contribution >= 4 is 43.1 Å². The van der Waals surface area contributed by atoms with Crippen LogP contribution in [0.3, 0.4) is 0 Å². The summed E-state index contributed by atoms with van der Waals surface area (Å²) in [6.07, 6.45) is 2.91. The molecule has 0 aliphatic rings. The van der Waals surface area contributed by atoms with Gasteiger partial charge in [-0.15, -0.1) is 0 Å². The zero-order valence-corrected chi connectivity index (χ0v) is 14.9. The minimum atomic E-state index is -3.75. The molecule has 2 heterocycles. The number of nitrogens with zero attached hydrogens (tertiary/aromatic N) is 3. The van der Waals surface area contributed by atoms with E-state index in [1.54, 1.807) is 37.3 Å². The third kappa shape index (κ3) is 2.70. The second-order valence-electron chi connectivity index (χ2n) is 5.46. The lowest BCUT2D eigenvalue weighted by Crippen LogP contribution is -2.12. The summed E-state index contributed by atoms with van der Waals surface area (Å²) in [5, 5.41) is 10.5. The van der Waals surface area contributed by atoms with E-state index in [9.17, 15) is 13.7 Å². The number of H-pyrrole nitrogens is 1. The van der Waals surface area contributed by atoms with E-state index in [0.29, 0.717) is 21.9 Å². The van der Waals surface area contributed by atoms with Crippen molar-refractivity contribution in [3.63, 3.8) is 0 Å². The summed E-state index contributed by atoms with van der Waals surface area (Å²) in [5.41, 5.74) is 2.37. The Morgan fingerprint density at radius 2 is 2.12 bits per heavy atom. The zero-order chi connectivity index (χ0) is 17.5. The highest BCUT2D eigenvalue weighted by Crippen LogP contribution is 2.31. The number of sulfonamides is 1. The second-order valence-corrected chi connectivity index (χ2v) is 8.37. The van der Waals surface area contributed by atoms with Gasteiger partial charge in [-0.2, -0.15) is 5.26 Å². The van der Waals surface area contributed by atoms with Crippen LogP contribution in [0.5, 0.6) is 0 Å². The van der Waals surface area contributed by atoms with Gasteiger partial charge in [0.05, 0.1) is 23.0 Å². The van der Waals surface area contributed by atoms with Crippen LogP contribution in [-0.2, 0) is 10.0 Å². The summed E-state index contributed by atoms with van der Waals surface area (Å²) in [7, 11) is -0.151. The Morgan fingerprint density at radius 1 is 1.38 bits per heavy atom. The molecule has 124 valence electrons. The van der Waals surface area contributed by atoms with Gasteiger partial charge < -0.3 is 9.88 Å². The predicted octanol–water partition coefficient (Wildman–Crippen LogP) is 2.67. The number of benzene rings is 1. The summed E-state index contributed by atoms with van der Waals surface area (Å²) in [4.78, 5) is 8.82. The van der Waals surface area contributed by atoms with Gasteiger partial charge >= 0.3 is 0 Å². The number of fused-ring (bicyclic) bond motifs is 1. The first-order chi connectivity index (χ1) is 11.3. The van der Waals surface area contributed by atoms with Gasteiger partial charge in [0.2, 0.25) is 0 Å². The molecule has 2 N–H and O–H groups in total. The Labute approximate surface area is 143 Å². The fraction of sp³-hybridized carbons (Fsp3) is 0.200. The number of nitriles is 1. The molecule has 0 aliphatic carbocycles. The quantitative estimate of drug-likeness (QED) is 0.744. The van der Waals surface area contributed by atoms with Crippen molar-refractivity contribution in [1.82, 2.24) is 9.97 Å².